The summed E-state index contributed by atoms with van der Waals surface area (Å²) in [6, 6.07) is 14.1. The van der Waals surface area contributed by atoms with Crippen molar-refractivity contribution in [2.24, 2.45) is 0 Å². The maximum absolute atomic E-state index is 5.85. The van der Waals surface area contributed by atoms with Gasteiger partial charge in [0.15, 0.2) is 0 Å². The van der Waals surface area contributed by atoms with Crippen molar-refractivity contribution in [3.63, 3.8) is 0 Å². The van der Waals surface area contributed by atoms with E-state index in [1.54, 1.807) is 7.11 Å². The first-order chi connectivity index (χ1) is 10.2. The average molecular weight is 350 g/mol. The van der Waals surface area contributed by atoms with Gasteiger partial charge in [0.05, 0.1) is 11.6 Å². The molecule has 112 valence electrons. The summed E-state index contributed by atoms with van der Waals surface area (Å²) < 4.78 is 12.0. The number of benzene rings is 2. The summed E-state index contributed by atoms with van der Waals surface area (Å²) in [5.41, 5.74) is 2.32. The quantitative estimate of drug-likeness (QED) is 0.814. The minimum absolute atomic E-state index is 0.535. The smallest absolute Gasteiger partial charge is 0.133 e. The minimum atomic E-state index is 0.535. The van der Waals surface area contributed by atoms with Gasteiger partial charge in [-0.1, -0.05) is 25.1 Å². The van der Waals surface area contributed by atoms with Gasteiger partial charge in [0.1, 0.15) is 18.1 Å². The predicted octanol–water partition coefficient (Wildman–Crippen LogP) is 4.15. The summed E-state index contributed by atoms with van der Waals surface area (Å²) in [5.74, 6) is 1.71. The number of rotatable bonds is 7. The minimum Gasteiger partial charge on any atom is -0.496 e. The maximum Gasteiger partial charge on any atom is 0.133 e. The van der Waals surface area contributed by atoms with Crippen LogP contribution in [0.1, 0.15) is 18.1 Å². The first kappa shape index (κ1) is 15.9. The Morgan fingerprint density at radius 1 is 1.10 bits per heavy atom. The molecule has 0 saturated carbocycles. The molecule has 0 aliphatic heterocycles. The second-order valence-corrected chi connectivity index (χ2v) is 5.54. The lowest BCUT2D eigenvalue weighted by atomic mass is 10.2. The fraction of sp³-hybridized carbons (Fsp3) is 0.294. The molecular weight excluding hydrogens is 330 g/mol. The predicted molar refractivity (Wildman–Crippen MR) is 88.8 cm³/mol. The number of ether oxygens (including phenoxy) is 2. The van der Waals surface area contributed by atoms with Crippen LogP contribution in [0.3, 0.4) is 0 Å². The molecule has 4 heteroatoms. The Kier molecular flexibility index (Phi) is 6.08. The normalized spacial score (nSPS) is 10.4. The van der Waals surface area contributed by atoms with Crippen LogP contribution < -0.4 is 14.8 Å². The second-order valence-electron chi connectivity index (χ2n) is 4.69. The molecule has 0 unspecified atom stereocenters. The van der Waals surface area contributed by atoms with E-state index in [9.17, 15) is 0 Å². The molecule has 0 spiro atoms. The Labute approximate surface area is 134 Å². The summed E-state index contributed by atoms with van der Waals surface area (Å²) in [5, 5.41) is 3.31. The van der Waals surface area contributed by atoms with Gasteiger partial charge in [-0.25, -0.2) is 0 Å². The highest BCUT2D eigenvalue weighted by Gasteiger charge is 2.03. The Bertz CT molecular complexity index is 587. The standard InChI is InChI=1S/C17H20BrNO2/c1-3-19-11-13-5-4-6-15(9-13)21-12-14-7-8-17(20-2)16(18)10-14/h4-10,19H,3,11-12H2,1-2H3. The second kappa shape index (κ2) is 8.05. The molecular formula is C17H20BrNO2. The van der Waals surface area contributed by atoms with Gasteiger partial charge in [0.2, 0.25) is 0 Å². The molecule has 2 rings (SSSR count). The molecule has 0 radical (unpaired) electrons. The van der Waals surface area contributed by atoms with Crippen LogP contribution in [0, 0.1) is 0 Å². The van der Waals surface area contributed by atoms with E-state index in [1.165, 1.54) is 5.56 Å². The Morgan fingerprint density at radius 3 is 2.67 bits per heavy atom. The van der Waals surface area contributed by atoms with Crippen LogP contribution in [0.15, 0.2) is 46.9 Å². The third-order valence-corrected chi connectivity index (χ3v) is 3.72. The highest BCUT2D eigenvalue weighted by Crippen LogP contribution is 2.26. The zero-order valence-electron chi connectivity index (χ0n) is 12.4. The van der Waals surface area contributed by atoms with Gasteiger partial charge in [-0.15, -0.1) is 0 Å². The van der Waals surface area contributed by atoms with Crippen molar-refractivity contribution < 1.29 is 9.47 Å². The van der Waals surface area contributed by atoms with Crippen molar-refractivity contribution in [2.75, 3.05) is 13.7 Å². The molecule has 3 nitrogen and oxygen atoms in total. The van der Waals surface area contributed by atoms with Gasteiger partial charge in [0.25, 0.3) is 0 Å². The molecule has 0 saturated heterocycles. The molecule has 0 fully saturated rings. The monoisotopic (exact) mass is 349 g/mol. The molecule has 2 aromatic rings. The van der Waals surface area contributed by atoms with Gasteiger partial charge < -0.3 is 14.8 Å². The zero-order valence-corrected chi connectivity index (χ0v) is 13.9. The van der Waals surface area contributed by atoms with Gasteiger partial charge in [-0.3, -0.25) is 0 Å². The fourth-order valence-electron chi connectivity index (χ4n) is 1.98. The summed E-state index contributed by atoms with van der Waals surface area (Å²) in [6.07, 6.45) is 0. The summed E-state index contributed by atoms with van der Waals surface area (Å²) in [4.78, 5) is 0. The van der Waals surface area contributed by atoms with Crippen molar-refractivity contribution in [3.8, 4) is 11.5 Å². The van der Waals surface area contributed by atoms with Crippen molar-refractivity contribution in [3.05, 3.63) is 58.1 Å². The van der Waals surface area contributed by atoms with E-state index in [2.05, 4.69) is 40.3 Å². The zero-order chi connectivity index (χ0) is 15.1. The Balaban J connectivity index is 1.97. The molecule has 0 aliphatic rings. The van der Waals surface area contributed by atoms with Crippen LogP contribution in [0.25, 0.3) is 0 Å². The van der Waals surface area contributed by atoms with Crippen molar-refractivity contribution in [1.29, 1.82) is 0 Å². The lowest BCUT2D eigenvalue weighted by molar-refractivity contribution is 0.305. The molecule has 0 atom stereocenters. The van der Waals surface area contributed by atoms with E-state index in [0.717, 1.165) is 34.6 Å². The van der Waals surface area contributed by atoms with Gasteiger partial charge >= 0.3 is 0 Å². The first-order valence-corrected chi connectivity index (χ1v) is 7.77. The average Bonchev–Trinajstić information content (AvgIpc) is 2.51. The van der Waals surface area contributed by atoms with Crippen molar-refractivity contribution in [1.82, 2.24) is 5.32 Å². The number of hydrogen-bond acceptors (Lipinski definition) is 3. The van der Waals surface area contributed by atoms with E-state index in [4.69, 9.17) is 9.47 Å². The number of methoxy groups -OCH3 is 1. The van der Waals surface area contributed by atoms with Crippen LogP contribution in [0.5, 0.6) is 11.5 Å². The van der Waals surface area contributed by atoms with Crippen LogP contribution in [-0.4, -0.2) is 13.7 Å². The van der Waals surface area contributed by atoms with Gasteiger partial charge in [0, 0.05) is 6.54 Å². The van der Waals surface area contributed by atoms with E-state index >= 15 is 0 Å². The molecule has 0 bridgehead atoms. The number of hydrogen-bond donors (Lipinski definition) is 1. The lowest BCUT2D eigenvalue weighted by Crippen LogP contribution is -2.11. The molecule has 1 N–H and O–H groups in total. The Hall–Kier alpha value is -1.52. The lowest BCUT2D eigenvalue weighted by Gasteiger charge is -2.10. The third kappa shape index (κ3) is 4.76. The van der Waals surface area contributed by atoms with E-state index in [0.29, 0.717) is 6.61 Å². The topological polar surface area (TPSA) is 30.5 Å². The summed E-state index contributed by atoms with van der Waals surface area (Å²) in [6.45, 7) is 4.46. The maximum atomic E-state index is 5.85. The summed E-state index contributed by atoms with van der Waals surface area (Å²) in [7, 11) is 1.66. The number of nitrogens with one attached hydrogen (secondary N) is 1. The van der Waals surface area contributed by atoms with Crippen LogP contribution in [0.4, 0.5) is 0 Å². The largest absolute Gasteiger partial charge is 0.496 e. The molecule has 0 amide bonds. The highest BCUT2D eigenvalue weighted by atomic mass is 79.9. The molecule has 2 aromatic carbocycles. The summed E-state index contributed by atoms with van der Waals surface area (Å²) >= 11 is 3.48. The van der Waals surface area contributed by atoms with E-state index in [1.807, 2.05) is 30.3 Å². The van der Waals surface area contributed by atoms with E-state index in [-0.39, 0.29) is 0 Å². The third-order valence-electron chi connectivity index (χ3n) is 3.10. The highest BCUT2D eigenvalue weighted by molar-refractivity contribution is 9.10. The van der Waals surface area contributed by atoms with Crippen molar-refractivity contribution in [2.45, 2.75) is 20.1 Å². The van der Waals surface area contributed by atoms with Crippen LogP contribution in [-0.2, 0) is 13.2 Å². The van der Waals surface area contributed by atoms with Gasteiger partial charge in [-0.05, 0) is 57.9 Å². The first-order valence-electron chi connectivity index (χ1n) is 6.97. The van der Waals surface area contributed by atoms with Crippen molar-refractivity contribution >= 4 is 15.9 Å². The molecule has 0 aromatic heterocycles. The van der Waals surface area contributed by atoms with Crippen LogP contribution >= 0.6 is 15.9 Å². The van der Waals surface area contributed by atoms with E-state index < -0.39 is 0 Å². The molecule has 21 heavy (non-hydrogen) atoms. The SMILES string of the molecule is CCNCc1cccc(OCc2ccc(OC)c(Br)c2)c1. The molecule has 0 aliphatic carbocycles. The Morgan fingerprint density at radius 2 is 1.95 bits per heavy atom. The fourth-order valence-corrected chi connectivity index (χ4v) is 2.57. The van der Waals surface area contributed by atoms with Gasteiger partial charge in [-0.2, -0.15) is 0 Å². The molecule has 0 heterocycles. The van der Waals surface area contributed by atoms with Crippen LogP contribution in [0.2, 0.25) is 0 Å². The number of halogens is 1.